The van der Waals surface area contributed by atoms with Crippen LogP contribution < -0.4 is 0 Å². The molecule has 0 spiro atoms. The third-order valence-electron chi connectivity index (χ3n) is 24.1. The second kappa shape index (κ2) is 39.3. The van der Waals surface area contributed by atoms with E-state index in [1.54, 1.807) is 17.5 Å². The van der Waals surface area contributed by atoms with Crippen LogP contribution in [0.2, 0.25) is 31.6 Å². The molecule has 662 valence electrons. The van der Waals surface area contributed by atoms with E-state index in [2.05, 4.69) is 260 Å². The lowest BCUT2D eigenvalue weighted by Crippen LogP contribution is -1.93. The van der Waals surface area contributed by atoms with E-state index in [0.717, 1.165) is 187 Å². The van der Waals surface area contributed by atoms with Crippen molar-refractivity contribution < 1.29 is 4.42 Å². The third-order valence-corrected chi connectivity index (χ3v) is 26.3. The zero-order chi connectivity index (χ0) is 93.8. The van der Waals surface area contributed by atoms with Crippen LogP contribution in [-0.2, 0) is 0 Å². The van der Waals surface area contributed by atoms with Gasteiger partial charge >= 0.3 is 0 Å². The van der Waals surface area contributed by atoms with Gasteiger partial charge in [0.1, 0.15) is 27.5 Å². The van der Waals surface area contributed by atoms with Gasteiger partial charge in [-0.15, -0.1) is 11.3 Å². The number of furan rings is 1. The molecule has 139 heavy (non-hydrogen) atoms. The maximum Gasteiger partial charge on any atom is 0.223 e. The number of nitrogens with zero attached hydrogens (tertiary/aromatic N) is 13. The molecule has 9 aromatic heterocycles. The van der Waals surface area contributed by atoms with Crippen molar-refractivity contribution in [1.82, 2.24) is 64.4 Å². The fourth-order valence-corrected chi connectivity index (χ4v) is 19.8. The highest BCUT2D eigenvalue weighted by atomic mass is 35.5. The van der Waals surface area contributed by atoms with Crippen LogP contribution in [0.3, 0.4) is 0 Å². The summed E-state index contributed by atoms with van der Waals surface area (Å²) < 4.78 is 10.3. The molecule has 0 aliphatic carbocycles. The summed E-state index contributed by atoms with van der Waals surface area (Å²) >= 11 is 38.7. The van der Waals surface area contributed by atoms with Gasteiger partial charge in [0, 0.05) is 82.1 Å². The molecule has 0 atom stereocenters. The van der Waals surface area contributed by atoms with Crippen LogP contribution >= 0.6 is 80.9 Å². The van der Waals surface area contributed by atoms with Gasteiger partial charge in [-0.05, 0) is 190 Å². The predicted octanol–water partition coefficient (Wildman–Crippen LogP) is 33.9. The number of aromatic nitrogens is 13. The minimum Gasteiger partial charge on any atom is -0.452 e. The molecule has 18 aromatic carbocycles. The molecule has 0 saturated heterocycles. The first-order valence-corrected chi connectivity index (χ1v) is 47.6. The monoisotopic (exact) mass is 1930 g/mol. The summed E-state index contributed by atoms with van der Waals surface area (Å²) in [5.41, 5.74) is 22.5. The Morgan fingerprint density at radius 3 is 1.33 bits per heavy atom. The SMILES string of the molecule is Clc1cnc2ccn(-c3ccccc3)c2n1.Clc1nc(-c2ccc(-c3ccccc3)cc2)c2c(ccc3ccccc32)n1.Clc1nc(-c2ccc3ccccc3c2)c2ccc3ccccc3c2n1.Clc1nc(-c2cccc(-c3ccccc3)c2)c2sc3ccccc3c2n1.Clc1nc(-c2cccc3ccccc23)c2oc3ccccc3c2n1.Clc1nc(-c2ccccc2)c2ccc3ccccc3c2n1. The molecule has 0 fully saturated rings. The molecule has 0 bridgehead atoms. The highest BCUT2D eigenvalue weighted by Crippen LogP contribution is 2.44. The molecular formula is C118H71Cl6N13OS. The van der Waals surface area contributed by atoms with Crippen molar-refractivity contribution in [2.45, 2.75) is 0 Å². The maximum absolute atomic E-state index is 6.27. The van der Waals surface area contributed by atoms with Crippen LogP contribution in [-0.4, -0.2) is 64.4 Å². The van der Waals surface area contributed by atoms with Gasteiger partial charge in [-0.1, -0.05) is 363 Å². The highest BCUT2D eigenvalue weighted by molar-refractivity contribution is 7.26. The third kappa shape index (κ3) is 18.3. The quantitative estimate of drug-likeness (QED) is 0.104. The second-order valence-electron chi connectivity index (χ2n) is 32.6. The van der Waals surface area contributed by atoms with Crippen molar-refractivity contribution in [3.8, 4) is 84.2 Å². The topological polar surface area (TPSA) is 173 Å². The zero-order valence-electron chi connectivity index (χ0n) is 73.4. The number of thiophene rings is 1. The average Bonchev–Trinajstić information content (AvgIpc) is 1.74. The van der Waals surface area contributed by atoms with Crippen molar-refractivity contribution in [3.05, 3.63) is 463 Å². The molecule has 21 heteroatoms. The van der Waals surface area contributed by atoms with Crippen LogP contribution in [0.4, 0.5) is 0 Å². The fraction of sp³-hybridized carbons (Fsp3) is 0. The van der Waals surface area contributed by atoms with Crippen molar-refractivity contribution >= 4 is 221 Å². The Labute approximate surface area is 829 Å². The van der Waals surface area contributed by atoms with Crippen LogP contribution in [0.15, 0.2) is 435 Å². The van der Waals surface area contributed by atoms with E-state index in [4.69, 9.17) is 74.0 Å². The van der Waals surface area contributed by atoms with Crippen molar-refractivity contribution in [3.63, 3.8) is 0 Å². The summed E-state index contributed by atoms with van der Waals surface area (Å²) in [6.07, 6.45) is 3.50. The molecule has 27 rings (SSSR count). The lowest BCUT2D eigenvalue weighted by atomic mass is 9.98. The summed E-state index contributed by atoms with van der Waals surface area (Å²) in [5.74, 6) is 0. The summed E-state index contributed by atoms with van der Waals surface area (Å²) in [6, 6.07) is 142. The van der Waals surface area contributed by atoms with Gasteiger partial charge in [0.15, 0.2) is 11.2 Å². The lowest BCUT2D eigenvalue weighted by molar-refractivity contribution is 0.667. The Kier molecular flexibility index (Phi) is 24.9. The summed E-state index contributed by atoms with van der Waals surface area (Å²) in [7, 11) is 0. The molecule has 0 saturated carbocycles. The van der Waals surface area contributed by atoms with Crippen molar-refractivity contribution in [1.29, 1.82) is 0 Å². The van der Waals surface area contributed by atoms with E-state index < -0.39 is 0 Å². The molecule has 0 aliphatic heterocycles. The molecule has 27 aromatic rings. The van der Waals surface area contributed by atoms with Crippen LogP contribution in [0.25, 0.3) is 224 Å². The summed E-state index contributed by atoms with van der Waals surface area (Å²) in [4.78, 5) is 53.4. The van der Waals surface area contributed by atoms with Crippen LogP contribution in [0.5, 0.6) is 0 Å². The first-order chi connectivity index (χ1) is 68.4. The Bertz CT molecular complexity index is 9330. The van der Waals surface area contributed by atoms with Crippen molar-refractivity contribution in [2.24, 2.45) is 0 Å². The minimum atomic E-state index is 0.219. The first kappa shape index (κ1) is 88.1. The molecule has 0 radical (unpaired) electrons. The Morgan fingerprint density at radius 2 is 0.669 bits per heavy atom. The molecule has 0 N–H and O–H groups in total. The van der Waals surface area contributed by atoms with Gasteiger partial charge in [-0.2, -0.15) is 0 Å². The highest BCUT2D eigenvalue weighted by Gasteiger charge is 2.22. The molecule has 9 heterocycles. The molecular weight excluding hydrogens is 1860 g/mol. The predicted molar refractivity (Wildman–Crippen MR) is 577 cm³/mol. The minimum absolute atomic E-state index is 0.219. The molecule has 14 nitrogen and oxygen atoms in total. The van der Waals surface area contributed by atoms with E-state index in [0.29, 0.717) is 10.7 Å². The number of halogens is 6. The first-order valence-electron chi connectivity index (χ1n) is 44.5. The Morgan fingerprint density at radius 1 is 0.245 bits per heavy atom. The molecule has 0 aliphatic rings. The molecule has 0 unspecified atom stereocenters. The number of fused-ring (bicyclic) bond motifs is 18. The van der Waals surface area contributed by atoms with Gasteiger partial charge < -0.3 is 4.42 Å². The zero-order valence-corrected chi connectivity index (χ0v) is 78.7. The summed E-state index contributed by atoms with van der Waals surface area (Å²) in [5, 5.41) is 18.3. The Hall–Kier alpha value is -16.2. The van der Waals surface area contributed by atoms with Crippen LogP contribution in [0.1, 0.15) is 0 Å². The van der Waals surface area contributed by atoms with Gasteiger partial charge in [-0.3, -0.25) is 4.57 Å². The van der Waals surface area contributed by atoms with Gasteiger partial charge in [0.2, 0.25) is 26.4 Å². The van der Waals surface area contributed by atoms with Gasteiger partial charge in [0.25, 0.3) is 0 Å². The van der Waals surface area contributed by atoms with E-state index >= 15 is 0 Å². The van der Waals surface area contributed by atoms with E-state index in [-0.39, 0.29) is 26.4 Å². The van der Waals surface area contributed by atoms with Gasteiger partial charge in [-0.25, -0.2) is 59.8 Å². The number of rotatable bonds is 8. The standard InChI is InChI=1S/C24H15ClN2.C22H13ClN2S.C22H13ClN2.C20H11ClN2O.C18H11ClN2.C12H8ClN3/c25-24-26-21-15-14-18-8-4-5-9-20(18)22(21)23(27-24)19-12-10-17(11-13-19)16-6-2-1-3-7-16;23-22-24-19(21-20(25-22)17-11-4-5-12-18(17)26-21)16-10-6-9-15(13-16)14-7-2-1-3-8-14;23-22-24-20(17-10-9-14-5-1-2-7-16(14)13-17)19-12-11-15-6-3-4-8-18(15)21(19)25-22;21-20-22-17(14-10-5-7-12-6-1-2-8-13(12)14)19-18(23-20)15-9-3-4-11-16(15)24-19;19-18-20-16(13-7-2-1-3-8-13)15-11-10-12-6-4-5-9-14(12)17(15)21-18;13-11-8-14-10-6-7-16(12(10)15-11)9-4-2-1-3-5-9/h1-15H;1-13H;1-13H;1-11H;1-11H;1-8H. The smallest absolute Gasteiger partial charge is 0.223 e. The average molecular weight is 1930 g/mol. The van der Waals surface area contributed by atoms with E-state index in [1.807, 2.05) is 229 Å². The largest absolute Gasteiger partial charge is 0.452 e. The second-order valence-corrected chi connectivity index (χ2v) is 35.7. The Balaban J connectivity index is 0.0000000967. The lowest BCUT2D eigenvalue weighted by Gasteiger charge is -2.10. The number of hydrogen-bond acceptors (Lipinski definition) is 14. The maximum atomic E-state index is 6.27. The fourth-order valence-electron chi connectivity index (χ4n) is 17.7. The van der Waals surface area contributed by atoms with E-state index in [9.17, 15) is 0 Å². The molecule has 0 amide bonds. The van der Waals surface area contributed by atoms with E-state index in [1.165, 1.54) is 32.2 Å². The summed E-state index contributed by atoms with van der Waals surface area (Å²) in [6.45, 7) is 0. The van der Waals surface area contributed by atoms with Crippen molar-refractivity contribution in [2.75, 3.05) is 0 Å². The number of para-hydroxylation sites is 2. The number of benzene rings is 18. The van der Waals surface area contributed by atoms with Crippen LogP contribution in [0, 0.1) is 0 Å². The van der Waals surface area contributed by atoms with Gasteiger partial charge in [0.05, 0.1) is 55.7 Å². The number of hydrogen-bond donors (Lipinski definition) is 0. The normalized spacial score (nSPS) is 11.2.